The molecule has 1 aliphatic rings. The largest absolute Gasteiger partial charge is 0.341 e. The van der Waals surface area contributed by atoms with E-state index < -0.39 is 0 Å². The predicted octanol–water partition coefficient (Wildman–Crippen LogP) is 4.28. The summed E-state index contributed by atoms with van der Waals surface area (Å²) in [6.07, 6.45) is 2.30. The molecule has 0 spiro atoms. The van der Waals surface area contributed by atoms with Gasteiger partial charge in [0.2, 0.25) is 17.2 Å². The summed E-state index contributed by atoms with van der Waals surface area (Å²) in [6, 6.07) is 5.49. The van der Waals surface area contributed by atoms with Crippen LogP contribution < -0.4 is 10.2 Å². The van der Waals surface area contributed by atoms with E-state index in [1.165, 1.54) is 0 Å². The molecular weight excluding hydrogens is 377 g/mol. The standard InChI is InChI=1S/C13H12BrCl2N5/c14-9-7-8(3-4-10(9)15)17-12-18-11(16)19-13(20-12)21-5-1-2-6-21/h3-4,7H,1-2,5-6H2,(H,17,18,19,20). The monoisotopic (exact) mass is 387 g/mol. The number of hydrogen-bond acceptors (Lipinski definition) is 5. The van der Waals surface area contributed by atoms with Gasteiger partial charge in [-0.1, -0.05) is 11.6 Å². The number of halogens is 3. The van der Waals surface area contributed by atoms with Gasteiger partial charge in [-0.25, -0.2) is 0 Å². The third-order valence-corrected chi connectivity index (χ3v) is 4.54. The number of hydrogen-bond donors (Lipinski definition) is 1. The van der Waals surface area contributed by atoms with Gasteiger partial charge in [0.05, 0.1) is 5.02 Å². The van der Waals surface area contributed by atoms with Crippen LogP contribution in [0.3, 0.4) is 0 Å². The molecule has 5 nitrogen and oxygen atoms in total. The average molecular weight is 389 g/mol. The van der Waals surface area contributed by atoms with Crippen LogP contribution >= 0.6 is 39.1 Å². The molecule has 110 valence electrons. The summed E-state index contributed by atoms with van der Waals surface area (Å²) < 4.78 is 0.800. The van der Waals surface area contributed by atoms with Crippen molar-refractivity contribution in [2.45, 2.75) is 12.8 Å². The summed E-state index contributed by atoms with van der Waals surface area (Å²) in [5.41, 5.74) is 0.820. The van der Waals surface area contributed by atoms with Crippen molar-refractivity contribution in [2.24, 2.45) is 0 Å². The van der Waals surface area contributed by atoms with Crippen LogP contribution in [0.25, 0.3) is 0 Å². The van der Waals surface area contributed by atoms with Gasteiger partial charge in [0.1, 0.15) is 0 Å². The lowest BCUT2D eigenvalue weighted by molar-refractivity contribution is 0.883. The fourth-order valence-corrected chi connectivity index (χ4v) is 2.81. The molecule has 1 aliphatic heterocycles. The van der Waals surface area contributed by atoms with Gasteiger partial charge >= 0.3 is 0 Å². The number of benzene rings is 1. The number of nitrogens with zero attached hydrogens (tertiary/aromatic N) is 4. The highest BCUT2D eigenvalue weighted by molar-refractivity contribution is 9.10. The molecule has 1 aromatic carbocycles. The SMILES string of the molecule is Clc1nc(Nc2ccc(Cl)c(Br)c2)nc(N2CCCC2)n1. The van der Waals surface area contributed by atoms with Gasteiger partial charge in [-0.2, -0.15) is 15.0 Å². The van der Waals surface area contributed by atoms with Crippen molar-refractivity contribution >= 4 is 56.7 Å². The van der Waals surface area contributed by atoms with Crippen molar-refractivity contribution in [3.63, 3.8) is 0 Å². The predicted molar refractivity (Wildman–Crippen MR) is 88.7 cm³/mol. The Morgan fingerprint density at radius 3 is 2.57 bits per heavy atom. The Kier molecular flexibility index (Phi) is 4.47. The number of nitrogens with one attached hydrogen (secondary N) is 1. The van der Waals surface area contributed by atoms with E-state index in [-0.39, 0.29) is 5.28 Å². The zero-order valence-electron chi connectivity index (χ0n) is 11.0. The van der Waals surface area contributed by atoms with Crippen molar-refractivity contribution in [2.75, 3.05) is 23.3 Å². The molecule has 1 aromatic heterocycles. The molecule has 3 rings (SSSR count). The zero-order chi connectivity index (χ0) is 14.8. The Labute approximate surface area is 140 Å². The van der Waals surface area contributed by atoms with E-state index in [4.69, 9.17) is 23.2 Å². The van der Waals surface area contributed by atoms with E-state index in [0.717, 1.165) is 36.1 Å². The quantitative estimate of drug-likeness (QED) is 0.850. The lowest BCUT2D eigenvalue weighted by Gasteiger charge is -2.15. The van der Waals surface area contributed by atoms with E-state index in [2.05, 4.69) is 41.1 Å². The van der Waals surface area contributed by atoms with Crippen LogP contribution in [0.5, 0.6) is 0 Å². The van der Waals surface area contributed by atoms with Crippen LogP contribution in [-0.4, -0.2) is 28.0 Å². The Morgan fingerprint density at radius 1 is 1.10 bits per heavy atom. The van der Waals surface area contributed by atoms with Crippen LogP contribution in [0.4, 0.5) is 17.6 Å². The molecule has 1 fully saturated rings. The molecule has 0 unspecified atom stereocenters. The van der Waals surface area contributed by atoms with Gasteiger partial charge in [-0.15, -0.1) is 0 Å². The molecule has 1 saturated heterocycles. The fourth-order valence-electron chi connectivity index (χ4n) is 2.16. The second kappa shape index (κ2) is 6.34. The van der Waals surface area contributed by atoms with Gasteiger partial charge in [-0.3, -0.25) is 0 Å². The van der Waals surface area contributed by atoms with Gasteiger partial charge < -0.3 is 10.2 Å². The minimum Gasteiger partial charge on any atom is -0.341 e. The van der Waals surface area contributed by atoms with Crippen molar-refractivity contribution in [1.29, 1.82) is 0 Å². The average Bonchev–Trinajstić information content (AvgIpc) is 2.96. The molecule has 0 aliphatic carbocycles. The van der Waals surface area contributed by atoms with Gasteiger partial charge in [0.25, 0.3) is 0 Å². The van der Waals surface area contributed by atoms with Crippen LogP contribution in [0.15, 0.2) is 22.7 Å². The number of rotatable bonds is 3. The maximum Gasteiger partial charge on any atom is 0.233 e. The molecule has 0 atom stereocenters. The summed E-state index contributed by atoms with van der Waals surface area (Å²) in [5, 5.41) is 3.94. The third-order valence-electron chi connectivity index (χ3n) is 3.16. The van der Waals surface area contributed by atoms with Gasteiger partial charge in [-0.05, 0) is 58.6 Å². The van der Waals surface area contributed by atoms with E-state index >= 15 is 0 Å². The highest BCUT2D eigenvalue weighted by atomic mass is 79.9. The molecule has 21 heavy (non-hydrogen) atoms. The first-order valence-corrected chi connectivity index (χ1v) is 8.05. The molecule has 0 saturated carbocycles. The summed E-state index contributed by atoms with van der Waals surface area (Å²) in [6.45, 7) is 1.90. The first-order chi connectivity index (χ1) is 10.1. The maximum absolute atomic E-state index is 5.99. The number of aromatic nitrogens is 3. The maximum atomic E-state index is 5.99. The minimum absolute atomic E-state index is 0.183. The van der Waals surface area contributed by atoms with Crippen molar-refractivity contribution in [1.82, 2.24) is 15.0 Å². The van der Waals surface area contributed by atoms with Crippen LogP contribution in [0.1, 0.15) is 12.8 Å². The van der Waals surface area contributed by atoms with Crippen LogP contribution in [-0.2, 0) is 0 Å². The third kappa shape index (κ3) is 3.56. The minimum atomic E-state index is 0.183. The van der Waals surface area contributed by atoms with Crippen molar-refractivity contribution in [3.8, 4) is 0 Å². The summed E-state index contributed by atoms with van der Waals surface area (Å²) >= 11 is 15.4. The lowest BCUT2D eigenvalue weighted by atomic mass is 10.3. The number of anilines is 3. The molecule has 0 radical (unpaired) electrons. The van der Waals surface area contributed by atoms with E-state index in [0.29, 0.717) is 16.9 Å². The summed E-state index contributed by atoms with van der Waals surface area (Å²) in [5.74, 6) is 1.04. The first kappa shape index (κ1) is 14.8. The van der Waals surface area contributed by atoms with E-state index in [1.54, 1.807) is 6.07 Å². The topological polar surface area (TPSA) is 53.9 Å². The van der Waals surface area contributed by atoms with Gasteiger partial charge in [0.15, 0.2) is 0 Å². The van der Waals surface area contributed by atoms with E-state index in [9.17, 15) is 0 Å². The highest BCUT2D eigenvalue weighted by Crippen LogP contribution is 2.27. The molecule has 0 bridgehead atoms. The molecule has 8 heteroatoms. The van der Waals surface area contributed by atoms with E-state index in [1.807, 2.05) is 12.1 Å². The highest BCUT2D eigenvalue weighted by Gasteiger charge is 2.17. The van der Waals surface area contributed by atoms with Crippen molar-refractivity contribution < 1.29 is 0 Å². The molecule has 2 aromatic rings. The van der Waals surface area contributed by atoms with Gasteiger partial charge in [0, 0.05) is 23.2 Å². The second-order valence-electron chi connectivity index (χ2n) is 4.68. The smallest absolute Gasteiger partial charge is 0.233 e. The van der Waals surface area contributed by atoms with Crippen LogP contribution in [0, 0.1) is 0 Å². The second-order valence-corrected chi connectivity index (χ2v) is 6.28. The molecule has 1 N–H and O–H groups in total. The molecule has 0 amide bonds. The Hall–Kier alpha value is -1.11. The Balaban J connectivity index is 1.85. The normalized spacial score (nSPS) is 14.5. The summed E-state index contributed by atoms with van der Waals surface area (Å²) in [4.78, 5) is 14.8. The summed E-state index contributed by atoms with van der Waals surface area (Å²) in [7, 11) is 0. The Bertz CT molecular complexity index is 661. The van der Waals surface area contributed by atoms with Crippen LogP contribution in [0.2, 0.25) is 10.3 Å². The lowest BCUT2D eigenvalue weighted by Crippen LogP contribution is -2.21. The molecule has 2 heterocycles. The fraction of sp³-hybridized carbons (Fsp3) is 0.308. The Morgan fingerprint density at radius 2 is 1.86 bits per heavy atom. The first-order valence-electron chi connectivity index (χ1n) is 6.50. The van der Waals surface area contributed by atoms with Crippen molar-refractivity contribution in [3.05, 3.63) is 33.0 Å². The molecular formula is C13H12BrCl2N5. The zero-order valence-corrected chi connectivity index (χ0v) is 14.1.